The van der Waals surface area contributed by atoms with E-state index in [1.165, 1.54) is 66.3 Å². The fourth-order valence-electron chi connectivity index (χ4n) is 3.52. The molecule has 0 aliphatic heterocycles. The first-order valence-electron chi connectivity index (χ1n) is 8.63. The maximum absolute atomic E-state index is 3.87. The highest BCUT2D eigenvalue weighted by Crippen LogP contribution is 2.33. The van der Waals surface area contributed by atoms with Crippen LogP contribution >= 0.6 is 0 Å². The molecule has 0 fully saturated rings. The summed E-state index contributed by atoms with van der Waals surface area (Å²) in [4.78, 5) is 0. The second kappa shape index (κ2) is 6.96. The van der Waals surface area contributed by atoms with Gasteiger partial charge in [0.1, 0.15) is 0 Å². The molecule has 2 aromatic carbocycles. The van der Waals surface area contributed by atoms with Gasteiger partial charge in [-0.15, -0.1) is 0 Å². The summed E-state index contributed by atoms with van der Waals surface area (Å²) in [5, 5.41) is 0. The molecule has 0 aromatic heterocycles. The number of unbranched alkanes of at least 4 members (excludes halogenated alkanes) is 1. The molecule has 22 heavy (non-hydrogen) atoms. The second-order valence-electron chi connectivity index (χ2n) is 6.52. The molecule has 0 nitrogen and oxygen atoms in total. The summed E-state index contributed by atoms with van der Waals surface area (Å²) in [5.74, 6) is 0.683. The number of rotatable bonds is 5. The van der Waals surface area contributed by atoms with E-state index in [2.05, 4.69) is 56.0 Å². The minimum Gasteiger partial charge on any atom is -0.0985 e. The van der Waals surface area contributed by atoms with Crippen molar-refractivity contribution in [1.82, 2.24) is 0 Å². The van der Waals surface area contributed by atoms with Crippen molar-refractivity contribution in [3.05, 3.63) is 76.9 Å². The van der Waals surface area contributed by atoms with Crippen LogP contribution in [0.3, 0.4) is 0 Å². The van der Waals surface area contributed by atoms with Crippen molar-refractivity contribution in [1.29, 1.82) is 0 Å². The van der Waals surface area contributed by atoms with Gasteiger partial charge in [-0.05, 0) is 65.8 Å². The van der Waals surface area contributed by atoms with Gasteiger partial charge in [0.25, 0.3) is 0 Å². The summed E-state index contributed by atoms with van der Waals surface area (Å²) < 4.78 is 0. The van der Waals surface area contributed by atoms with Crippen molar-refractivity contribution in [3.8, 4) is 0 Å². The SMILES string of the molecule is C=Cc1ccc2c(c1)CCC(c1ccc(CCCC)cc1)C2. The molecule has 0 bridgehead atoms. The maximum atomic E-state index is 3.87. The van der Waals surface area contributed by atoms with E-state index in [4.69, 9.17) is 0 Å². The zero-order valence-corrected chi connectivity index (χ0v) is 13.6. The topological polar surface area (TPSA) is 0 Å². The van der Waals surface area contributed by atoms with Crippen LogP contribution in [0, 0.1) is 0 Å². The normalized spacial score (nSPS) is 17.0. The molecule has 0 saturated heterocycles. The summed E-state index contributed by atoms with van der Waals surface area (Å²) in [6.45, 7) is 6.13. The van der Waals surface area contributed by atoms with Gasteiger partial charge in [-0.25, -0.2) is 0 Å². The zero-order chi connectivity index (χ0) is 15.4. The Balaban J connectivity index is 1.72. The Morgan fingerprint density at radius 3 is 2.64 bits per heavy atom. The van der Waals surface area contributed by atoms with Crippen molar-refractivity contribution >= 4 is 6.08 Å². The Hall–Kier alpha value is -1.82. The van der Waals surface area contributed by atoms with Crippen LogP contribution in [0.1, 0.15) is 59.9 Å². The molecular weight excluding hydrogens is 264 g/mol. The van der Waals surface area contributed by atoms with Crippen molar-refractivity contribution in [2.24, 2.45) is 0 Å². The minimum atomic E-state index is 0.683. The Bertz CT molecular complexity index is 634. The van der Waals surface area contributed by atoms with E-state index in [1.807, 2.05) is 6.08 Å². The summed E-state index contributed by atoms with van der Waals surface area (Å²) in [6, 6.07) is 16.2. The summed E-state index contributed by atoms with van der Waals surface area (Å²) in [7, 11) is 0. The first kappa shape index (κ1) is 15.1. The maximum Gasteiger partial charge on any atom is -0.0118 e. The van der Waals surface area contributed by atoms with E-state index in [0.717, 1.165) is 0 Å². The first-order valence-corrected chi connectivity index (χ1v) is 8.63. The van der Waals surface area contributed by atoms with Crippen LogP contribution < -0.4 is 0 Å². The predicted molar refractivity (Wildman–Crippen MR) is 96.4 cm³/mol. The van der Waals surface area contributed by atoms with E-state index in [1.54, 1.807) is 0 Å². The van der Waals surface area contributed by atoms with Crippen molar-refractivity contribution in [2.45, 2.75) is 51.4 Å². The van der Waals surface area contributed by atoms with Gasteiger partial charge in [0.15, 0.2) is 0 Å². The van der Waals surface area contributed by atoms with Crippen LogP contribution in [-0.2, 0) is 19.3 Å². The molecular formula is C22H26. The van der Waals surface area contributed by atoms with Crippen LogP contribution in [0.15, 0.2) is 49.0 Å². The lowest BCUT2D eigenvalue weighted by atomic mass is 9.79. The molecule has 1 aliphatic carbocycles. The molecule has 0 heteroatoms. The molecule has 1 aliphatic rings. The molecule has 1 unspecified atom stereocenters. The number of aryl methyl sites for hydroxylation is 2. The molecule has 114 valence electrons. The number of benzene rings is 2. The predicted octanol–water partition coefficient (Wildman–Crippen LogP) is 5.94. The van der Waals surface area contributed by atoms with Gasteiger partial charge in [0.05, 0.1) is 0 Å². The summed E-state index contributed by atoms with van der Waals surface area (Å²) in [6.07, 6.45) is 9.37. The highest BCUT2D eigenvalue weighted by atomic mass is 14.2. The van der Waals surface area contributed by atoms with Gasteiger partial charge >= 0.3 is 0 Å². The minimum absolute atomic E-state index is 0.683. The van der Waals surface area contributed by atoms with E-state index in [-0.39, 0.29) is 0 Å². The fraction of sp³-hybridized carbons (Fsp3) is 0.364. The summed E-state index contributed by atoms with van der Waals surface area (Å²) in [5.41, 5.74) is 7.29. The van der Waals surface area contributed by atoms with Crippen molar-refractivity contribution in [2.75, 3.05) is 0 Å². The lowest BCUT2D eigenvalue weighted by Gasteiger charge is -2.25. The van der Waals surface area contributed by atoms with Gasteiger partial charge in [-0.2, -0.15) is 0 Å². The van der Waals surface area contributed by atoms with Crippen LogP contribution in [0.2, 0.25) is 0 Å². The third kappa shape index (κ3) is 3.32. The van der Waals surface area contributed by atoms with Crippen LogP contribution in [0.4, 0.5) is 0 Å². The molecule has 0 radical (unpaired) electrons. The van der Waals surface area contributed by atoms with E-state index in [9.17, 15) is 0 Å². The third-order valence-corrected chi connectivity index (χ3v) is 4.96. The molecule has 0 amide bonds. The molecule has 0 saturated carbocycles. The van der Waals surface area contributed by atoms with Gasteiger partial charge in [0, 0.05) is 0 Å². The Kier molecular flexibility index (Phi) is 4.77. The van der Waals surface area contributed by atoms with E-state index >= 15 is 0 Å². The Labute approximate surface area is 134 Å². The van der Waals surface area contributed by atoms with Crippen LogP contribution in [0.25, 0.3) is 6.08 Å². The Morgan fingerprint density at radius 2 is 1.91 bits per heavy atom. The largest absolute Gasteiger partial charge is 0.0985 e. The number of hydrogen-bond acceptors (Lipinski definition) is 0. The molecule has 0 heterocycles. The van der Waals surface area contributed by atoms with Crippen LogP contribution in [0.5, 0.6) is 0 Å². The van der Waals surface area contributed by atoms with Crippen LogP contribution in [-0.4, -0.2) is 0 Å². The lowest BCUT2D eigenvalue weighted by molar-refractivity contribution is 0.584. The zero-order valence-electron chi connectivity index (χ0n) is 13.6. The average Bonchev–Trinajstić information content (AvgIpc) is 2.59. The van der Waals surface area contributed by atoms with Gasteiger partial charge in [-0.1, -0.05) is 68.5 Å². The molecule has 0 spiro atoms. The smallest absolute Gasteiger partial charge is 0.0118 e. The lowest BCUT2D eigenvalue weighted by Crippen LogP contribution is -2.13. The van der Waals surface area contributed by atoms with Gasteiger partial charge < -0.3 is 0 Å². The average molecular weight is 290 g/mol. The van der Waals surface area contributed by atoms with E-state index in [0.29, 0.717) is 5.92 Å². The quantitative estimate of drug-likeness (QED) is 0.638. The Morgan fingerprint density at radius 1 is 1.09 bits per heavy atom. The van der Waals surface area contributed by atoms with Gasteiger partial charge in [-0.3, -0.25) is 0 Å². The first-order chi connectivity index (χ1) is 10.8. The highest BCUT2D eigenvalue weighted by molar-refractivity contribution is 5.51. The summed E-state index contributed by atoms with van der Waals surface area (Å²) >= 11 is 0. The highest BCUT2D eigenvalue weighted by Gasteiger charge is 2.20. The number of hydrogen-bond donors (Lipinski definition) is 0. The monoisotopic (exact) mass is 290 g/mol. The third-order valence-electron chi connectivity index (χ3n) is 4.96. The molecule has 0 N–H and O–H groups in total. The molecule has 2 aromatic rings. The van der Waals surface area contributed by atoms with E-state index < -0.39 is 0 Å². The number of fused-ring (bicyclic) bond motifs is 1. The van der Waals surface area contributed by atoms with Crippen molar-refractivity contribution < 1.29 is 0 Å². The molecule has 1 atom stereocenters. The van der Waals surface area contributed by atoms with Crippen molar-refractivity contribution in [3.63, 3.8) is 0 Å². The second-order valence-corrected chi connectivity index (χ2v) is 6.52. The van der Waals surface area contributed by atoms with Gasteiger partial charge in [0.2, 0.25) is 0 Å². The fourth-order valence-corrected chi connectivity index (χ4v) is 3.52. The standard InChI is InChI=1S/C22H26/c1-3-5-6-18-8-10-19(11-9-18)21-14-13-20-15-17(4-2)7-12-22(20)16-21/h4,7-12,15,21H,2-3,5-6,13-14,16H2,1H3. The molecule has 3 rings (SSSR count).